The first-order chi connectivity index (χ1) is 9.24. The molecule has 0 aliphatic rings. The summed E-state index contributed by atoms with van der Waals surface area (Å²) in [4.78, 5) is 4.31. The molecule has 3 N–H and O–H groups in total. The molecule has 0 aromatic heterocycles. The zero-order valence-electron chi connectivity index (χ0n) is 11.5. The van der Waals surface area contributed by atoms with E-state index >= 15 is 0 Å². The van der Waals surface area contributed by atoms with Crippen molar-refractivity contribution in [3.63, 3.8) is 0 Å². The van der Waals surface area contributed by atoms with Gasteiger partial charge in [-0.3, -0.25) is 0 Å². The highest BCUT2D eigenvalue weighted by atomic mass is 79.9. The van der Waals surface area contributed by atoms with Crippen molar-refractivity contribution in [3.8, 4) is 0 Å². The molecule has 106 valence electrons. The van der Waals surface area contributed by atoms with Gasteiger partial charge in [-0.15, -0.1) is 17.0 Å². The lowest BCUT2D eigenvalue weighted by Gasteiger charge is -2.06. The standard InChI is InChI=1S/C16H19N3.BrH/c1-13-7-9-15(10-8-13)12-19-16(17)18-11-14-5-3-2-4-6-14;/h2-10H,11-12H2,1H3,(H3,17,18,19);1H. The molecule has 2 aromatic carbocycles. The summed E-state index contributed by atoms with van der Waals surface area (Å²) in [6, 6.07) is 18.4. The number of nitrogens with two attached hydrogens (primary N) is 1. The van der Waals surface area contributed by atoms with Crippen LogP contribution in [0.5, 0.6) is 0 Å². The summed E-state index contributed by atoms with van der Waals surface area (Å²) in [5, 5.41) is 3.12. The van der Waals surface area contributed by atoms with Crippen LogP contribution in [0.4, 0.5) is 0 Å². The van der Waals surface area contributed by atoms with E-state index in [1.165, 1.54) is 11.1 Å². The quantitative estimate of drug-likeness (QED) is 0.666. The second kappa shape index (κ2) is 8.38. The summed E-state index contributed by atoms with van der Waals surface area (Å²) < 4.78 is 0. The van der Waals surface area contributed by atoms with Gasteiger partial charge in [0.25, 0.3) is 0 Å². The molecular weight excluding hydrogens is 314 g/mol. The Morgan fingerprint density at radius 2 is 1.65 bits per heavy atom. The number of halogens is 1. The van der Waals surface area contributed by atoms with Crippen LogP contribution in [0.15, 0.2) is 59.6 Å². The minimum atomic E-state index is 0. The van der Waals surface area contributed by atoms with E-state index in [-0.39, 0.29) is 17.0 Å². The molecule has 0 amide bonds. The zero-order valence-corrected chi connectivity index (χ0v) is 13.3. The minimum absolute atomic E-state index is 0. The number of aliphatic imine (C=N–C) groups is 1. The maximum absolute atomic E-state index is 5.84. The van der Waals surface area contributed by atoms with Crippen LogP contribution in [0.3, 0.4) is 0 Å². The Kier molecular flexibility index (Phi) is 6.81. The number of benzene rings is 2. The summed E-state index contributed by atoms with van der Waals surface area (Å²) in [5.74, 6) is 0.476. The van der Waals surface area contributed by atoms with Crippen LogP contribution in [0.25, 0.3) is 0 Å². The van der Waals surface area contributed by atoms with Gasteiger partial charge in [0.05, 0.1) is 6.54 Å². The molecule has 0 atom stereocenters. The van der Waals surface area contributed by atoms with Crippen LogP contribution in [0.2, 0.25) is 0 Å². The van der Waals surface area contributed by atoms with Crippen molar-refractivity contribution in [3.05, 3.63) is 71.3 Å². The zero-order chi connectivity index (χ0) is 13.5. The third-order valence-electron chi connectivity index (χ3n) is 2.87. The molecule has 0 saturated carbocycles. The second-order valence-electron chi connectivity index (χ2n) is 4.53. The van der Waals surface area contributed by atoms with E-state index in [0.717, 1.165) is 5.56 Å². The van der Waals surface area contributed by atoms with Gasteiger partial charge in [-0.2, -0.15) is 0 Å². The van der Waals surface area contributed by atoms with Gasteiger partial charge < -0.3 is 11.1 Å². The molecule has 20 heavy (non-hydrogen) atoms. The Hall–Kier alpha value is -1.81. The molecule has 0 heterocycles. The topological polar surface area (TPSA) is 50.4 Å². The number of nitrogens with zero attached hydrogens (tertiary/aromatic N) is 1. The Labute approximate surface area is 130 Å². The molecule has 0 saturated heterocycles. The number of rotatable bonds is 4. The smallest absolute Gasteiger partial charge is 0.189 e. The van der Waals surface area contributed by atoms with E-state index in [9.17, 15) is 0 Å². The van der Waals surface area contributed by atoms with E-state index < -0.39 is 0 Å². The molecule has 0 radical (unpaired) electrons. The SMILES string of the molecule is Br.Cc1ccc(CNC(N)=NCc2ccccc2)cc1. The largest absolute Gasteiger partial charge is 0.370 e. The molecule has 2 rings (SSSR count). The normalized spacial score (nSPS) is 10.8. The van der Waals surface area contributed by atoms with E-state index in [1.807, 2.05) is 30.3 Å². The number of hydrogen-bond donors (Lipinski definition) is 2. The molecule has 4 heteroatoms. The van der Waals surface area contributed by atoms with Gasteiger partial charge in [-0.05, 0) is 18.1 Å². The fraction of sp³-hybridized carbons (Fsp3) is 0.188. The minimum Gasteiger partial charge on any atom is -0.370 e. The van der Waals surface area contributed by atoms with Gasteiger partial charge in [-0.1, -0.05) is 60.2 Å². The number of guanidine groups is 1. The first-order valence-electron chi connectivity index (χ1n) is 6.37. The molecule has 0 aliphatic carbocycles. The average Bonchev–Trinajstić information content (AvgIpc) is 2.45. The first-order valence-corrected chi connectivity index (χ1v) is 6.37. The highest BCUT2D eigenvalue weighted by molar-refractivity contribution is 8.93. The summed E-state index contributed by atoms with van der Waals surface area (Å²) in [6.45, 7) is 3.38. The van der Waals surface area contributed by atoms with Crippen molar-refractivity contribution >= 4 is 22.9 Å². The Bertz CT molecular complexity index is 535. The lowest BCUT2D eigenvalue weighted by atomic mass is 10.1. The van der Waals surface area contributed by atoms with Crippen molar-refractivity contribution in [1.29, 1.82) is 0 Å². The molecular formula is C16H20BrN3. The summed E-state index contributed by atoms with van der Waals surface area (Å²) in [7, 11) is 0. The Morgan fingerprint density at radius 1 is 1.00 bits per heavy atom. The average molecular weight is 334 g/mol. The lowest BCUT2D eigenvalue weighted by molar-refractivity contribution is 0.884. The first kappa shape index (κ1) is 16.2. The lowest BCUT2D eigenvalue weighted by Crippen LogP contribution is -2.31. The second-order valence-corrected chi connectivity index (χ2v) is 4.53. The third kappa shape index (κ3) is 5.45. The molecule has 0 bridgehead atoms. The molecule has 0 unspecified atom stereocenters. The van der Waals surface area contributed by atoms with Crippen LogP contribution < -0.4 is 11.1 Å². The van der Waals surface area contributed by atoms with Crippen LogP contribution in [0, 0.1) is 6.92 Å². The van der Waals surface area contributed by atoms with Gasteiger partial charge in [-0.25, -0.2) is 4.99 Å². The van der Waals surface area contributed by atoms with Crippen LogP contribution in [-0.2, 0) is 13.1 Å². The van der Waals surface area contributed by atoms with Gasteiger partial charge in [0, 0.05) is 6.54 Å². The van der Waals surface area contributed by atoms with Crippen molar-refractivity contribution in [2.75, 3.05) is 0 Å². The van der Waals surface area contributed by atoms with Crippen LogP contribution >= 0.6 is 17.0 Å². The molecule has 3 nitrogen and oxygen atoms in total. The predicted octanol–water partition coefficient (Wildman–Crippen LogP) is 3.18. The van der Waals surface area contributed by atoms with E-state index in [2.05, 4.69) is 41.5 Å². The van der Waals surface area contributed by atoms with E-state index in [0.29, 0.717) is 19.0 Å². The van der Waals surface area contributed by atoms with Crippen molar-refractivity contribution in [2.24, 2.45) is 10.7 Å². The number of aryl methyl sites for hydroxylation is 1. The summed E-state index contributed by atoms with van der Waals surface area (Å²) in [6.07, 6.45) is 0. The monoisotopic (exact) mass is 333 g/mol. The highest BCUT2D eigenvalue weighted by Gasteiger charge is 1.95. The Morgan fingerprint density at radius 3 is 2.30 bits per heavy atom. The van der Waals surface area contributed by atoms with E-state index in [4.69, 9.17) is 5.73 Å². The highest BCUT2D eigenvalue weighted by Crippen LogP contribution is 2.02. The number of nitrogens with one attached hydrogen (secondary N) is 1. The Balaban J connectivity index is 0.00000200. The van der Waals surface area contributed by atoms with Crippen LogP contribution in [0.1, 0.15) is 16.7 Å². The summed E-state index contributed by atoms with van der Waals surface area (Å²) >= 11 is 0. The van der Waals surface area contributed by atoms with Gasteiger partial charge in [0.15, 0.2) is 5.96 Å². The van der Waals surface area contributed by atoms with E-state index in [1.54, 1.807) is 0 Å². The van der Waals surface area contributed by atoms with Crippen molar-refractivity contribution in [1.82, 2.24) is 5.32 Å². The maximum Gasteiger partial charge on any atom is 0.189 e. The fourth-order valence-electron chi connectivity index (χ4n) is 1.71. The molecule has 0 fully saturated rings. The fourth-order valence-corrected chi connectivity index (χ4v) is 1.71. The van der Waals surface area contributed by atoms with Gasteiger partial charge >= 0.3 is 0 Å². The number of hydrogen-bond acceptors (Lipinski definition) is 1. The predicted molar refractivity (Wildman–Crippen MR) is 90.1 cm³/mol. The molecule has 2 aromatic rings. The van der Waals surface area contributed by atoms with Gasteiger partial charge in [0.1, 0.15) is 0 Å². The van der Waals surface area contributed by atoms with Crippen molar-refractivity contribution < 1.29 is 0 Å². The maximum atomic E-state index is 5.84. The molecule has 0 spiro atoms. The molecule has 0 aliphatic heterocycles. The van der Waals surface area contributed by atoms with Crippen molar-refractivity contribution in [2.45, 2.75) is 20.0 Å². The van der Waals surface area contributed by atoms with Crippen LogP contribution in [-0.4, -0.2) is 5.96 Å². The summed E-state index contributed by atoms with van der Waals surface area (Å²) in [5.41, 5.74) is 9.45. The van der Waals surface area contributed by atoms with Gasteiger partial charge in [0.2, 0.25) is 0 Å². The third-order valence-corrected chi connectivity index (χ3v) is 2.87.